The third-order valence-electron chi connectivity index (χ3n) is 5.83. The van der Waals surface area contributed by atoms with Crippen molar-refractivity contribution in [3.8, 4) is 5.75 Å². The van der Waals surface area contributed by atoms with Gasteiger partial charge in [-0.1, -0.05) is 30.3 Å². The summed E-state index contributed by atoms with van der Waals surface area (Å²) in [5.41, 5.74) is 0.842. The van der Waals surface area contributed by atoms with Gasteiger partial charge in [-0.05, 0) is 74.9 Å². The van der Waals surface area contributed by atoms with Crippen molar-refractivity contribution in [3.05, 3.63) is 90.2 Å². The van der Waals surface area contributed by atoms with Crippen molar-refractivity contribution >= 4 is 27.5 Å². The molecule has 8 nitrogen and oxygen atoms in total. The molecule has 0 spiro atoms. The maximum atomic E-state index is 13.8. The Kier molecular flexibility index (Phi) is 9.46. The summed E-state index contributed by atoms with van der Waals surface area (Å²) in [6, 6.07) is 18.6. The Hall–Kier alpha value is -3.92. The van der Waals surface area contributed by atoms with E-state index in [1.807, 2.05) is 0 Å². The van der Waals surface area contributed by atoms with Crippen molar-refractivity contribution in [1.82, 2.24) is 10.2 Å². The van der Waals surface area contributed by atoms with E-state index < -0.39 is 40.2 Å². The van der Waals surface area contributed by atoms with Crippen LogP contribution in [0.25, 0.3) is 0 Å². The summed E-state index contributed by atoms with van der Waals surface area (Å²) in [5, 5.41) is 2.79. The third-order valence-corrected chi connectivity index (χ3v) is 7.62. The highest BCUT2D eigenvalue weighted by Crippen LogP contribution is 2.26. The average Bonchev–Trinajstić information content (AvgIpc) is 2.91. The Bertz CT molecular complexity index is 1330. The number of hydrogen-bond donors (Lipinski definition) is 1. The molecule has 0 saturated carbocycles. The van der Waals surface area contributed by atoms with Crippen LogP contribution in [0.4, 0.5) is 10.1 Å². The van der Waals surface area contributed by atoms with Gasteiger partial charge >= 0.3 is 0 Å². The molecule has 0 fully saturated rings. The first-order valence-electron chi connectivity index (χ1n) is 12.1. The maximum Gasteiger partial charge on any atom is 0.264 e. The number of nitrogens with one attached hydrogen (secondary N) is 1. The molecule has 0 aliphatic rings. The van der Waals surface area contributed by atoms with Crippen LogP contribution in [0.3, 0.4) is 0 Å². The van der Waals surface area contributed by atoms with Gasteiger partial charge < -0.3 is 15.0 Å². The highest BCUT2D eigenvalue weighted by Gasteiger charge is 2.32. The lowest BCUT2D eigenvalue weighted by atomic mass is 10.1. The highest BCUT2D eigenvalue weighted by molar-refractivity contribution is 7.92. The van der Waals surface area contributed by atoms with Crippen molar-refractivity contribution in [2.75, 3.05) is 18.0 Å². The minimum Gasteiger partial charge on any atom is -0.497 e. The Labute approximate surface area is 223 Å². The maximum absolute atomic E-state index is 13.8. The number of ether oxygens (including phenoxy) is 1. The lowest BCUT2D eigenvalue weighted by Gasteiger charge is -2.32. The zero-order valence-corrected chi connectivity index (χ0v) is 22.6. The lowest BCUT2D eigenvalue weighted by Crippen LogP contribution is -2.52. The topological polar surface area (TPSA) is 96.0 Å². The van der Waals surface area contributed by atoms with Crippen molar-refractivity contribution in [2.24, 2.45) is 0 Å². The van der Waals surface area contributed by atoms with Gasteiger partial charge in [0.2, 0.25) is 11.8 Å². The van der Waals surface area contributed by atoms with Gasteiger partial charge in [0.15, 0.2) is 0 Å². The fourth-order valence-electron chi connectivity index (χ4n) is 3.77. The zero-order chi connectivity index (χ0) is 27.9. The van der Waals surface area contributed by atoms with Crippen LogP contribution in [0.2, 0.25) is 0 Å². The van der Waals surface area contributed by atoms with E-state index in [-0.39, 0.29) is 23.2 Å². The Morgan fingerprint density at radius 2 is 1.53 bits per heavy atom. The number of nitrogens with zero attached hydrogens (tertiary/aromatic N) is 2. The molecule has 3 rings (SSSR count). The van der Waals surface area contributed by atoms with E-state index in [0.29, 0.717) is 11.3 Å². The number of sulfonamides is 1. The molecule has 0 saturated heterocycles. The second-order valence-corrected chi connectivity index (χ2v) is 10.9. The molecule has 0 unspecified atom stereocenters. The first-order valence-corrected chi connectivity index (χ1v) is 13.5. The predicted molar refractivity (Wildman–Crippen MR) is 144 cm³/mol. The van der Waals surface area contributed by atoms with E-state index in [9.17, 15) is 22.4 Å². The summed E-state index contributed by atoms with van der Waals surface area (Å²) in [6.07, 6.45) is 0. The van der Waals surface area contributed by atoms with E-state index in [1.54, 1.807) is 63.2 Å². The second-order valence-electron chi connectivity index (χ2n) is 9.01. The van der Waals surface area contributed by atoms with Crippen LogP contribution in [-0.4, -0.2) is 50.9 Å². The van der Waals surface area contributed by atoms with Crippen LogP contribution in [-0.2, 0) is 26.2 Å². The summed E-state index contributed by atoms with van der Waals surface area (Å²) in [4.78, 5) is 28.0. The number of carbonyl (C=O) groups excluding carboxylic acids is 2. The summed E-state index contributed by atoms with van der Waals surface area (Å²) in [5.74, 6) is -0.903. The minimum absolute atomic E-state index is 0.0132. The molecule has 0 heterocycles. The molecule has 38 heavy (non-hydrogen) atoms. The molecule has 3 aromatic carbocycles. The smallest absolute Gasteiger partial charge is 0.264 e. The molecular weight excluding hydrogens is 509 g/mol. The molecule has 0 aliphatic heterocycles. The number of rotatable bonds is 11. The summed E-state index contributed by atoms with van der Waals surface area (Å²) in [7, 11) is -2.66. The van der Waals surface area contributed by atoms with Crippen LogP contribution >= 0.6 is 0 Å². The van der Waals surface area contributed by atoms with Crippen molar-refractivity contribution in [1.29, 1.82) is 0 Å². The largest absolute Gasteiger partial charge is 0.497 e. The number of hydrogen-bond acceptors (Lipinski definition) is 5. The molecular formula is C28H32FN3O5S. The van der Waals surface area contributed by atoms with Gasteiger partial charge in [0.1, 0.15) is 24.2 Å². The van der Waals surface area contributed by atoms with Crippen LogP contribution < -0.4 is 14.4 Å². The van der Waals surface area contributed by atoms with Gasteiger partial charge in [-0.15, -0.1) is 0 Å². The predicted octanol–water partition coefficient (Wildman–Crippen LogP) is 3.97. The Morgan fingerprint density at radius 3 is 2.08 bits per heavy atom. The quantitative estimate of drug-likeness (QED) is 0.396. The van der Waals surface area contributed by atoms with Crippen LogP contribution in [0.5, 0.6) is 5.75 Å². The first kappa shape index (κ1) is 28.6. The molecule has 3 aromatic rings. The van der Waals surface area contributed by atoms with E-state index in [4.69, 9.17) is 4.74 Å². The monoisotopic (exact) mass is 541 g/mol. The number of benzene rings is 3. The van der Waals surface area contributed by atoms with Crippen molar-refractivity contribution in [2.45, 2.75) is 44.3 Å². The summed E-state index contributed by atoms with van der Waals surface area (Å²) < 4.78 is 47.1. The zero-order valence-electron chi connectivity index (χ0n) is 21.8. The number of carbonyl (C=O) groups is 2. The third kappa shape index (κ3) is 7.10. The van der Waals surface area contributed by atoms with Gasteiger partial charge in [-0.2, -0.15) is 0 Å². The second kappa shape index (κ2) is 12.6. The molecule has 0 radical (unpaired) electrons. The van der Waals surface area contributed by atoms with E-state index in [1.165, 1.54) is 48.4 Å². The average molecular weight is 542 g/mol. The number of halogens is 1. The van der Waals surface area contributed by atoms with Crippen molar-refractivity contribution < 1.29 is 27.1 Å². The van der Waals surface area contributed by atoms with Crippen molar-refractivity contribution in [3.63, 3.8) is 0 Å². The molecule has 0 aliphatic carbocycles. The number of methoxy groups -OCH3 is 1. The molecule has 1 atom stereocenters. The first-order chi connectivity index (χ1) is 18.0. The van der Waals surface area contributed by atoms with Gasteiger partial charge in [0.05, 0.1) is 17.7 Å². The SMILES string of the molecule is COc1ccc(N(CC(=O)N(Cc2ccc(F)cc2)[C@@H](C)C(=O)NC(C)C)S(=O)(=O)c2ccccc2)cc1. The fourth-order valence-corrected chi connectivity index (χ4v) is 5.21. The summed E-state index contributed by atoms with van der Waals surface area (Å²) in [6.45, 7) is 4.59. The standard InChI is InChI=1S/C28H32FN3O5S/c1-20(2)30-28(34)21(3)31(18-22-10-12-23(29)13-11-22)27(33)19-32(24-14-16-25(37-4)17-15-24)38(35,36)26-8-6-5-7-9-26/h5-17,20-21H,18-19H2,1-4H3,(H,30,34)/t21-/m0/s1. The molecule has 2 amide bonds. The van der Waals surface area contributed by atoms with Gasteiger partial charge in [-0.25, -0.2) is 12.8 Å². The molecule has 0 bridgehead atoms. The molecule has 0 aromatic heterocycles. The fraction of sp³-hybridized carbons (Fsp3) is 0.286. The van der Waals surface area contributed by atoms with E-state index in [2.05, 4.69) is 5.32 Å². The normalized spacial score (nSPS) is 12.1. The Balaban J connectivity index is 2.01. The van der Waals surface area contributed by atoms with Gasteiger partial charge in [0.25, 0.3) is 10.0 Å². The minimum atomic E-state index is -4.15. The van der Waals surface area contributed by atoms with Crippen LogP contribution in [0, 0.1) is 5.82 Å². The van der Waals surface area contributed by atoms with Gasteiger partial charge in [0, 0.05) is 12.6 Å². The molecule has 10 heteroatoms. The number of amides is 2. The van der Waals surface area contributed by atoms with Crippen LogP contribution in [0.15, 0.2) is 83.8 Å². The highest BCUT2D eigenvalue weighted by atomic mass is 32.2. The lowest BCUT2D eigenvalue weighted by molar-refractivity contribution is -0.139. The van der Waals surface area contributed by atoms with Crippen LogP contribution in [0.1, 0.15) is 26.3 Å². The van der Waals surface area contributed by atoms with E-state index in [0.717, 1.165) is 4.31 Å². The number of anilines is 1. The molecule has 202 valence electrons. The van der Waals surface area contributed by atoms with Gasteiger partial charge in [-0.3, -0.25) is 13.9 Å². The Morgan fingerprint density at radius 1 is 0.921 bits per heavy atom. The molecule has 1 N–H and O–H groups in total. The van der Waals surface area contributed by atoms with E-state index >= 15 is 0 Å². The summed E-state index contributed by atoms with van der Waals surface area (Å²) >= 11 is 0.